The summed E-state index contributed by atoms with van der Waals surface area (Å²) in [7, 11) is 0. The topological polar surface area (TPSA) is 77.9 Å². The van der Waals surface area contributed by atoms with Crippen molar-refractivity contribution in [3.8, 4) is 22.8 Å². The minimum Gasteiger partial charge on any atom is -0.490 e. The summed E-state index contributed by atoms with van der Waals surface area (Å²) in [5.41, 5.74) is -0.781. The molecule has 0 aliphatic heterocycles. The molecule has 11 heteroatoms. The molecule has 2 saturated carbocycles. The molecule has 0 bridgehead atoms. The average Bonchev–Trinajstić information content (AvgIpc) is 3.51. The Hall–Kier alpha value is -3.73. The van der Waals surface area contributed by atoms with Gasteiger partial charge in [0.1, 0.15) is 12.4 Å². The molecule has 2 fully saturated rings. The van der Waals surface area contributed by atoms with Gasteiger partial charge in [-0.15, -0.1) is 0 Å². The number of hydrogen-bond donors (Lipinski definition) is 1. The van der Waals surface area contributed by atoms with Crippen molar-refractivity contribution >= 4 is 5.97 Å². The summed E-state index contributed by atoms with van der Waals surface area (Å²) in [5, 5.41) is 9.85. The molecule has 0 spiro atoms. The van der Waals surface area contributed by atoms with E-state index in [1.165, 1.54) is 12.1 Å². The van der Waals surface area contributed by atoms with Crippen LogP contribution in [0, 0.1) is 29.4 Å². The molecular formula is C32H30F5NO5. The van der Waals surface area contributed by atoms with Crippen LogP contribution in [-0.4, -0.2) is 34.9 Å². The maximum atomic E-state index is 14.9. The lowest BCUT2D eigenvalue weighted by molar-refractivity contribution is -0.145. The van der Waals surface area contributed by atoms with E-state index < -0.39 is 41.1 Å². The molecule has 3 atom stereocenters. The number of hydrogen-bond acceptors (Lipinski definition) is 6. The molecule has 0 unspecified atom stereocenters. The first-order valence-electron chi connectivity index (χ1n) is 14.2. The van der Waals surface area contributed by atoms with Crippen molar-refractivity contribution in [3.63, 3.8) is 0 Å². The fraction of sp³-hybridized carbons (Fsp3) is 0.438. The number of aromatic nitrogens is 1. The SMILES string of the molecule is CCOC(=O)[C@H]1[C@@H]2Cc3cc(OCc4cc(-c5ccc(OCC6CC(C)(O)C6)c(F)c5)c(C(F)(F)F)cc4F)ncc3[C@@H]21. The van der Waals surface area contributed by atoms with Crippen molar-refractivity contribution in [2.75, 3.05) is 13.2 Å². The van der Waals surface area contributed by atoms with Gasteiger partial charge >= 0.3 is 12.1 Å². The van der Waals surface area contributed by atoms with E-state index in [0.717, 1.165) is 23.3 Å². The Morgan fingerprint density at radius 3 is 2.53 bits per heavy atom. The fourth-order valence-electron chi connectivity index (χ4n) is 6.56. The highest BCUT2D eigenvalue weighted by Gasteiger charge is 2.60. The van der Waals surface area contributed by atoms with Crippen LogP contribution in [0.2, 0.25) is 0 Å². The van der Waals surface area contributed by atoms with Crippen molar-refractivity contribution in [1.29, 1.82) is 0 Å². The summed E-state index contributed by atoms with van der Waals surface area (Å²) >= 11 is 0. The third-order valence-corrected chi connectivity index (χ3v) is 8.58. The molecule has 1 N–H and O–H groups in total. The van der Waals surface area contributed by atoms with Gasteiger partial charge in [0, 0.05) is 23.7 Å². The van der Waals surface area contributed by atoms with Crippen LogP contribution in [0.5, 0.6) is 11.6 Å². The summed E-state index contributed by atoms with van der Waals surface area (Å²) in [6.45, 7) is 3.53. The molecule has 6 nitrogen and oxygen atoms in total. The van der Waals surface area contributed by atoms with Crippen molar-refractivity contribution in [2.45, 2.75) is 57.4 Å². The molecule has 2 aromatic carbocycles. The molecule has 3 aliphatic carbocycles. The number of aliphatic hydroxyl groups is 1. The molecule has 0 saturated heterocycles. The molecule has 1 aromatic heterocycles. The second kappa shape index (κ2) is 10.8. The first-order chi connectivity index (χ1) is 20.3. The number of carbonyl (C=O) groups is 1. The van der Waals surface area contributed by atoms with Crippen LogP contribution in [0.4, 0.5) is 22.0 Å². The van der Waals surface area contributed by atoms with E-state index in [1.807, 2.05) is 0 Å². The van der Waals surface area contributed by atoms with Gasteiger partial charge in [0.2, 0.25) is 5.88 Å². The molecule has 6 rings (SSSR count). The van der Waals surface area contributed by atoms with Crippen LogP contribution >= 0.6 is 0 Å². The minimum atomic E-state index is -4.90. The number of rotatable bonds is 9. The normalized spacial score (nSPS) is 25.4. The number of carbonyl (C=O) groups excluding carboxylic acids is 1. The Balaban J connectivity index is 1.18. The monoisotopic (exact) mass is 603 g/mol. The first-order valence-corrected chi connectivity index (χ1v) is 14.2. The second-order valence-electron chi connectivity index (χ2n) is 11.9. The summed E-state index contributed by atoms with van der Waals surface area (Å²) in [5.74, 6) is -2.06. The number of ether oxygens (including phenoxy) is 3. The largest absolute Gasteiger partial charge is 0.490 e. The van der Waals surface area contributed by atoms with Crippen molar-refractivity contribution in [3.05, 3.63) is 76.5 Å². The van der Waals surface area contributed by atoms with E-state index in [1.54, 1.807) is 26.1 Å². The van der Waals surface area contributed by atoms with E-state index in [9.17, 15) is 31.9 Å². The number of esters is 1. The lowest BCUT2D eigenvalue weighted by Crippen LogP contribution is -2.43. The first kappa shape index (κ1) is 29.3. The molecule has 1 heterocycles. The molecule has 0 amide bonds. The maximum absolute atomic E-state index is 14.9. The van der Waals surface area contributed by atoms with Crippen LogP contribution in [-0.2, 0) is 28.7 Å². The molecular weight excluding hydrogens is 573 g/mol. The maximum Gasteiger partial charge on any atom is 0.417 e. The Bertz CT molecular complexity index is 1560. The van der Waals surface area contributed by atoms with Crippen LogP contribution in [0.15, 0.2) is 42.6 Å². The summed E-state index contributed by atoms with van der Waals surface area (Å²) < 4.78 is 87.8. The van der Waals surface area contributed by atoms with E-state index >= 15 is 0 Å². The van der Waals surface area contributed by atoms with Gasteiger partial charge in [-0.05, 0) is 91.5 Å². The quantitative estimate of drug-likeness (QED) is 0.219. The van der Waals surface area contributed by atoms with Gasteiger partial charge in [-0.2, -0.15) is 13.2 Å². The summed E-state index contributed by atoms with van der Waals surface area (Å²) in [6.07, 6.45) is -1.61. The fourth-order valence-corrected chi connectivity index (χ4v) is 6.56. The average molecular weight is 604 g/mol. The van der Waals surface area contributed by atoms with E-state index in [4.69, 9.17) is 14.2 Å². The predicted octanol–water partition coefficient (Wildman–Crippen LogP) is 6.61. The Morgan fingerprint density at radius 1 is 1.09 bits per heavy atom. The number of alkyl halides is 3. The van der Waals surface area contributed by atoms with Crippen LogP contribution in [0.3, 0.4) is 0 Å². The van der Waals surface area contributed by atoms with Gasteiger partial charge < -0.3 is 19.3 Å². The standard InChI is InChI=1S/C32H30F5NO5/c1-3-41-30(39)29-21-6-18-9-27(38-13-22(18)28(21)29)43-15-19-7-20(23(10-24(19)33)32(35,36)37)17-4-5-26(25(34)8-17)42-14-16-11-31(2,40)12-16/h4-5,7-10,13,16,21,28-29,40H,3,6,11-12,14-15H2,1-2H3/t16?,21-,28-,29+,31?/m1/s1. The third kappa shape index (κ3) is 5.79. The lowest BCUT2D eigenvalue weighted by atomic mass is 9.73. The smallest absolute Gasteiger partial charge is 0.417 e. The number of nitrogens with zero attached hydrogens (tertiary/aromatic N) is 1. The molecule has 3 aromatic rings. The van der Waals surface area contributed by atoms with Gasteiger partial charge in [-0.1, -0.05) is 6.07 Å². The molecule has 3 aliphatic rings. The Kier molecular flexibility index (Phi) is 7.35. The van der Waals surface area contributed by atoms with E-state index in [0.29, 0.717) is 31.9 Å². The van der Waals surface area contributed by atoms with Gasteiger partial charge in [0.05, 0.1) is 30.3 Å². The van der Waals surface area contributed by atoms with Gasteiger partial charge in [0.15, 0.2) is 11.6 Å². The third-order valence-electron chi connectivity index (χ3n) is 8.58. The van der Waals surface area contributed by atoms with Crippen molar-refractivity contribution < 1.29 is 46.1 Å². The second-order valence-corrected chi connectivity index (χ2v) is 11.9. The number of halogens is 5. The Morgan fingerprint density at radius 2 is 1.86 bits per heavy atom. The lowest BCUT2D eigenvalue weighted by Gasteiger charge is -2.40. The molecule has 0 radical (unpaired) electrons. The van der Waals surface area contributed by atoms with Crippen molar-refractivity contribution in [1.82, 2.24) is 4.98 Å². The van der Waals surface area contributed by atoms with Gasteiger partial charge in [-0.25, -0.2) is 13.8 Å². The summed E-state index contributed by atoms with van der Waals surface area (Å²) in [4.78, 5) is 16.4. The zero-order chi connectivity index (χ0) is 30.7. The van der Waals surface area contributed by atoms with Crippen LogP contribution in [0.1, 0.15) is 54.9 Å². The van der Waals surface area contributed by atoms with E-state index in [2.05, 4.69) is 4.98 Å². The molecule has 228 valence electrons. The van der Waals surface area contributed by atoms with Crippen molar-refractivity contribution in [2.24, 2.45) is 17.8 Å². The Labute approximate surface area is 244 Å². The highest BCUT2D eigenvalue weighted by molar-refractivity contribution is 5.79. The molecule has 43 heavy (non-hydrogen) atoms. The predicted molar refractivity (Wildman–Crippen MR) is 144 cm³/mol. The highest BCUT2D eigenvalue weighted by atomic mass is 19.4. The van der Waals surface area contributed by atoms with Crippen LogP contribution in [0.25, 0.3) is 11.1 Å². The highest BCUT2D eigenvalue weighted by Crippen LogP contribution is 2.62. The number of pyridine rings is 1. The van der Waals surface area contributed by atoms with Crippen LogP contribution < -0.4 is 9.47 Å². The zero-order valence-electron chi connectivity index (χ0n) is 23.5. The zero-order valence-corrected chi connectivity index (χ0v) is 23.5. The number of benzene rings is 2. The summed E-state index contributed by atoms with van der Waals surface area (Å²) in [6, 6.07) is 6.56. The van der Waals surface area contributed by atoms with Gasteiger partial charge in [0.25, 0.3) is 0 Å². The van der Waals surface area contributed by atoms with E-state index in [-0.39, 0.29) is 59.0 Å². The van der Waals surface area contributed by atoms with Gasteiger partial charge in [-0.3, -0.25) is 4.79 Å². The number of fused-ring (bicyclic) bond motifs is 3. The minimum absolute atomic E-state index is 0.0530.